The van der Waals surface area contributed by atoms with E-state index in [9.17, 15) is 4.79 Å². The molecule has 0 radical (unpaired) electrons. The van der Waals surface area contributed by atoms with Crippen molar-refractivity contribution in [3.05, 3.63) is 64.2 Å². The van der Waals surface area contributed by atoms with Gasteiger partial charge in [-0.05, 0) is 67.1 Å². The molecule has 2 fully saturated rings. The molecule has 0 spiro atoms. The van der Waals surface area contributed by atoms with Crippen LogP contribution in [0.5, 0.6) is 5.75 Å². The minimum absolute atomic E-state index is 0.0897. The van der Waals surface area contributed by atoms with E-state index in [2.05, 4.69) is 31.9 Å². The first-order chi connectivity index (χ1) is 19.4. The zero-order valence-electron chi connectivity index (χ0n) is 22.4. The third kappa shape index (κ3) is 5.87. The molecule has 2 heterocycles. The van der Waals surface area contributed by atoms with Crippen LogP contribution in [0.25, 0.3) is 11.3 Å². The summed E-state index contributed by atoms with van der Waals surface area (Å²) in [4.78, 5) is 25.0. The van der Waals surface area contributed by atoms with Gasteiger partial charge in [-0.3, -0.25) is 9.69 Å². The van der Waals surface area contributed by atoms with E-state index in [4.69, 9.17) is 31.9 Å². The number of hydrogen-bond acceptors (Lipinski definition) is 8. The Hall–Kier alpha value is -3.40. The zero-order valence-corrected chi connectivity index (χ0v) is 23.1. The second-order valence-electron chi connectivity index (χ2n) is 10.8. The average molecular weight is 564 g/mol. The van der Waals surface area contributed by atoms with Gasteiger partial charge in [0, 0.05) is 48.9 Å². The van der Waals surface area contributed by atoms with Crippen molar-refractivity contribution in [1.29, 1.82) is 0 Å². The van der Waals surface area contributed by atoms with Crippen LogP contribution in [0.4, 0.5) is 11.8 Å². The van der Waals surface area contributed by atoms with E-state index in [1.807, 2.05) is 30.3 Å². The Morgan fingerprint density at radius 1 is 1.05 bits per heavy atom. The highest BCUT2D eigenvalue weighted by Gasteiger charge is 2.35. The van der Waals surface area contributed by atoms with Gasteiger partial charge in [0.25, 0.3) is 0 Å². The molecule has 1 saturated heterocycles. The standard InChI is InChI=1S/C30H34ClN5O4/c31-22-4-1-19(2-5-22)18-40-23-6-8-25-20(15-23)3-7-26-27(25)33-30(32)34-28(26)36-11-9-35(10-12-36)13-14-39-24-16-21(17-24)29(37)38/h1-2,4-6,8,15,21,24H,3,7,9-14,16-18H2,(H,37,38)(H2,32,33,34). The minimum atomic E-state index is -0.712. The number of nitrogens with two attached hydrogens (primary N) is 1. The van der Waals surface area contributed by atoms with Gasteiger partial charge in [-0.15, -0.1) is 0 Å². The number of hydrogen-bond donors (Lipinski definition) is 2. The van der Waals surface area contributed by atoms with Crippen molar-refractivity contribution in [2.24, 2.45) is 5.92 Å². The molecule has 9 nitrogen and oxygen atoms in total. The molecule has 3 aromatic rings. The molecular weight excluding hydrogens is 530 g/mol. The molecule has 40 heavy (non-hydrogen) atoms. The highest BCUT2D eigenvalue weighted by atomic mass is 35.5. The molecule has 10 heteroatoms. The molecule has 210 valence electrons. The first-order valence-corrected chi connectivity index (χ1v) is 14.3. The van der Waals surface area contributed by atoms with Gasteiger partial charge in [0.1, 0.15) is 18.2 Å². The normalized spacial score (nSPS) is 20.4. The number of carboxylic acids is 1. The van der Waals surface area contributed by atoms with Crippen molar-refractivity contribution in [2.75, 3.05) is 50.0 Å². The lowest BCUT2D eigenvalue weighted by Crippen LogP contribution is -2.48. The second kappa shape index (κ2) is 11.6. The van der Waals surface area contributed by atoms with E-state index in [1.54, 1.807) is 0 Å². The Labute approximate surface area is 238 Å². The number of nitrogen functional groups attached to an aromatic ring is 1. The van der Waals surface area contributed by atoms with Crippen molar-refractivity contribution < 1.29 is 19.4 Å². The van der Waals surface area contributed by atoms with Crippen LogP contribution in [0.1, 0.15) is 29.5 Å². The van der Waals surface area contributed by atoms with Crippen LogP contribution >= 0.6 is 11.6 Å². The first-order valence-electron chi connectivity index (χ1n) is 13.9. The number of halogens is 1. The van der Waals surface area contributed by atoms with E-state index in [0.29, 0.717) is 37.0 Å². The molecule has 2 aliphatic carbocycles. The van der Waals surface area contributed by atoms with Gasteiger partial charge in [-0.25, -0.2) is 4.98 Å². The SMILES string of the molecule is Nc1nc2c(c(N3CCN(CCOC4CC(C(=O)O)C4)CC3)n1)CCc1cc(OCc3ccc(Cl)cc3)ccc1-2. The summed E-state index contributed by atoms with van der Waals surface area (Å²) >= 11 is 5.99. The monoisotopic (exact) mass is 563 g/mol. The van der Waals surface area contributed by atoms with Gasteiger partial charge >= 0.3 is 5.97 Å². The third-order valence-corrected chi connectivity index (χ3v) is 8.43. The fourth-order valence-electron chi connectivity index (χ4n) is 5.74. The maximum Gasteiger partial charge on any atom is 0.306 e. The van der Waals surface area contributed by atoms with E-state index < -0.39 is 5.97 Å². The number of carbonyl (C=O) groups is 1. The molecule has 1 aliphatic heterocycles. The quantitative estimate of drug-likeness (QED) is 0.398. The second-order valence-corrected chi connectivity index (χ2v) is 11.2. The van der Waals surface area contributed by atoms with Crippen LogP contribution in [-0.4, -0.2) is 71.4 Å². The first kappa shape index (κ1) is 26.8. The minimum Gasteiger partial charge on any atom is -0.489 e. The van der Waals surface area contributed by atoms with E-state index in [-0.39, 0.29) is 12.0 Å². The number of aromatic nitrogens is 2. The Bertz CT molecular complexity index is 1370. The van der Waals surface area contributed by atoms with Gasteiger partial charge in [0.2, 0.25) is 5.95 Å². The fourth-order valence-corrected chi connectivity index (χ4v) is 5.87. The molecule has 1 saturated carbocycles. The lowest BCUT2D eigenvalue weighted by Gasteiger charge is -2.38. The molecule has 0 bridgehead atoms. The van der Waals surface area contributed by atoms with Crippen LogP contribution in [0.15, 0.2) is 42.5 Å². The largest absolute Gasteiger partial charge is 0.489 e. The number of nitrogens with zero attached hydrogens (tertiary/aromatic N) is 4. The maximum atomic E-state index is 11.0. The maximum absolute atomic E-state index is 11.0. The zero-order chi connectivity index (χ0) is 27.6. The van der Waals surface area contributed by atoms with E-state index in [0.717, 1.165) is 79.5 Å². The van der Waals surface area contributed by atoms with Crippen molar-refractivity contribution in [3.8, 4) is 17.0 Å². The van der Waals surface area contributed by atoms with Crippen molar-refractivity contribution in [2.45, 2.75) is 38.4 Å². The number of aliphatic carboxylic acids is 1. The average Bonchev–Trinajstić information content (AvgIpc) is 2.93. The summed E-state index contributed by atoms with van der Waals surface area (Å²) in [5.74, 6) is 1.12. The summed E-state index contributed by atoms with van der Waals surface area (Å²) in [5.41, 5.74) is 11.7. The number of rotatable bonds is 9. The summed E-state index contributed by atoms with van der Waals surface area (Å²) < 4.78 is 11.9. The fraction of sp³-hybridized carbons (Fsp3) is 0.433. The Morgan fingerprint density at radius 2 is 1.82 bits per heavy atom. The van der Waals surface area contributed by atoms with Gasteiger partial charge in [0.15, 0.2) is 0 Å². The number of benzene rings is 2. The number of fused-ring (bicyclic) bond motifs is 3. The summed E-state index contributed by atoms with van der Waals surface area (Å²) in [6, 6.07) is 13.9. The Balaban J connectivity index is 1.07. The summed E-state index contributed by atoms with van der Waals surface area (Å²) in [5, 5.41) is 9.73. The van der Waals surface area contributed by atoms with Crippen LogP contribution < -0.4 is 15.4 Å². The number of ether oxygens (including phenoxy) is 2. The molecule has 3 aliphatic rings. The molecular formula is C30H34ClN5O4. The Kier molecular flexibility index (Phi) is 7.78. The highest BCUT2D eigenvalue weighted by molar-refractivity contribution is 6.30. The van der Waals surface area contributed by atoms with Crippen LogP contribution in [0.2, 0.25) is 5.02 Å². The van der Waals surface area contributed by atoms with Crippen molar-refractivity contribution in [1.82, 2.24) is 14.9 Å². The van der Waals surface area contributed by atoms with Gasteiger partial charge < -0.3 is 25.2 Å². The summed E-state index contributed by atoms with van der Waals surface area (Å²) in [6.07, 6.45) is 3.09. The molecule has 3 N–H and O–H groups in total. The van der Waals surface area contributed by atoms with Crippen LogP contribution in [0, 0.1) is 5.92 Å². The number of aryl methyl sites for hydroxylation is 1. The predicted octanol–water partition coefficient (Wildman–Crippen LogP) is 4.06. The van der Waals surface area contributed by atoms with Crippen LogP contribution in [-0.2, 0) is 29.0 Å². The van der Waals surface area contributed by atoms with Crippen molar-refractivity contribution in [3.63, 3.8) is 0 Å². The van der Waals surface area contributed by atoms with Crippen LogP contribution in [0.3, 0.4) is 0 Å². The van der Waals surface area contributed by atoms with Gasteiger partial charge in [-0.2, -0.15) is 4.98 Å². The van der Waals surface area contributed by atoms with Gasteiger partial charge in [-0.1, -0.05) is 23.7 Å². The molecule has 6 rings (SSSR count). The smallest absolute Gasteiger partial charge is 0.306 e. The Morgan fingerprint density at radius 3 is 2.58 bits per heavy atom. The number of piperazine rings is 1. The van der Waals surface area contributed by atoms with Gasteiger partial charge in [0.05, 0.1) is 24.3 Å². The third-order valence-electron chi connectivity index (χ3n) is 8.17. The predicted molar refractivity (Wildman–Crippen MR) is 154 cm³/mol. The molecule has 0 atom stereocenters. The highest BCUT2D eigenvalue weighted by Crippen LogP contribution is 2.38. The number of carboxylic acid groups (broad SMARTS) is 1. The molecule has 1 aromatic heterocycles. The molecule has 2 aromatic carbocycles. The molecule has 0 amide bonds. The molecule has 0 unspecified atom stereocenters. The van der Waals surface area contributed by atoms with Crippen molar-refractivity contribution >= 4 is 29.3 Å². The number of anilines is 2. The van der Waals surface area contributed by atoms with E-state index >= 15 is 0 Å². The summed E-state index contributed by atoms with van der Waals surface area (Å²) in [7, 11) is 0. The lowest BCUT2D eigenvalue weighted by molar-refractivity contribution is -0.151. The van der Waals surface area contributed by atoms with E-state index in [1.165, 1.54) is 5.56 Å². The summed E-state index contributed by atoms with van der Waals surface area (Å²) in [6.45, 7) is 5.51. The lowest BCUT2D eigenvalue weighted by atomic mass is 9.82. The topological polar surface area (TPSA) is 114 Å².